The van der Waals surface area contributed by atoms with Crippen molar-refractivity contribution in [3.05, 3.63) is 88.6 Å². The lowest BCUT2D eigenvalue weighted by Gasteiger charge is -2.07. The number of aromatic nitrogens is 2. The third kappa shape index (κ3) is 4.66. The number of ether oxygens (including phenoxy) is 2. The van der Waals surface area contributed by atoms with Crippen LogP contribution < -0.4 is 4.74 Å². The average molecular weight is 418 g/mol. The third-order valence-electron chi connectivity index (χ3n) is 4.91. The highest BCUT2D eigenvalue weighted by atomic mass is 16.5. The molecule has 4 aromatic rings. The van der Waals surface area contributed by atoms with Gasteiger partial charge in [-0.15, -0.1) is 0 Å². The highest BCUT2D eigenvalue weighted by molar-refractivity contribution is 5.89. The molecule has 0 unspecified atom stereocenters. The zero-order valence-corrected chi connectivity index (χ0v) is 17.5. The Morgan fingerprint density at radius 2 is 1.68 bits per heavy atom. The van der Waals surface area contributed by atoms with E-state index in [0.29, 0.717) is 35.3 Å². The van der Waals surface area contributed by atoms with Crippen LogP contribution in [0.4, 0.5) is 0 Å². The van der Waals surface area contributed by atoms with Gasteiger partial charge in [-0.25, -0.2) is 9.78 Å². The molecule has 2 heterocycles. The van der Waals surface area contributed by atoms with Crippen molar-refractivity contribution in [1.29, 1.82) is 0 Å². The number of benzene rings is 2. The molecule has 0 amide bonds. The van der Waals surface area contributed by atoms with Gasteiger partial charge in [-0.1, -0.05) is 23.4 Å². The smallest absolute Gasteiger partial charge is 0.338 e. The van der Waals surface area contributed by atoms with Crippen LogP contribution in [0.5, 0.6) is 5.75 Å². The first-order chi connectivity index (χ1) is 15.0. The number of aryl methyl sites for hydroxylation is 3. The predicted molar refractivity (Wildman–Crippen MR) is 113 cm³/mol. The van der Waals surface area contributed by atoms with Crippen molar-refractivity contribution in [3.63, 3.8) is 0 Å². The lowest BCUT2D eigenvalue weighted by atomic mass is 10.2. The molecule has 0 atom stereocenters. The summed E-state index contributed by atoms with van der Waals surface area (Å²) in [5, 5.41) is 3.91. The summed E-state index contributed by atoms with van der Waals surface area (Å²) in [6.45, 7) is 5.89. The molecule has 0 saturated heterocycles. The average Bonchev–Trinajstić information content (AvgIpc) is 3.33. The standard InChI is InChI=1S/C24H22N2O5/c1-15-21(16(2)31-26-15)13-28-20-11-9-19(10-12-20)24(27)29-14-22-17(3)30-23(25-22)18-7-5-4-6-8-18/h4-12H,13-14H2,1-3H3. The van der Waals surface area contributed by atoms with Gasteiger partial charge >= 0.3 is 5.97 Å². The fraction of sp³-hybridized carbons (Fsp3) is 0.208. The summed E-state index contributed by atoms with van der Waals surface area (Å²) in [7, 11) is 0. The van der Waals surface area contributed by atoms with Crippen molar-refractivity contribution >= 4 is 5.97 Å². The van der Waals surface area contributed by atoms with E-state index in [2.05, 4.69) is 10.1 Å². The number of carbonyl (C=O) groups is 1. The molecule has 0 saturated carbocycles. The number of hydrogen-bond acceptors (Lipinski definition) is 7. The van der Waals surface area contributed by atoms with Crippen LogP contribution in [0.2, 0.25) is 0 Å². The van der Waals surface area contributed by atoms with Crippen molar-refractivity contribution in [3.8, 4) is 17.2 Å². The maximum atomic E-state index is 12.4. The van der Waals surface area contributed by atoms with Crippen LogP contribution in [0.25, 0.3) is 11.5 Å². The van der Waals surface area contributed by atoms with E-state index in [0.717, 1.165) is 22.6 Å². The second-order valence-electron chi connectivity index (χ2n) is 7.08. The predicted octanol–water partition coefficient (Wildman–Crippen LogP) is 5.19. The molecule has 0 N–H and O–H groups in total. The maximum absolute atomic E-state index is 12.4. The Bertz CT molecular complexity index is 1160. The Kier molecular flexibility index (Phi) is 5.84. The quantitative estimate of drug-likeness (QED) is 0.382. The van der Waals surface area contributed by atoms with E-state index >= 15 is 0 Å². The normalized spacial score (nSPS) is 10.8. The molecule has 0 spiro atoms. The molecular weight excluding hydrogens is 396 g/mol. The molecule has 0 aliphatic rings. The minimum Gasteiger partial charge on any atom is -0.489 e. The number of esters is 1. The number of hydrogen-bond donors (Lipinski definition) is 0. The third-order valence-corrected chi connectivity index (χ3v) is 4.91. The second kappa shape index (κ2) is 8.87. The summed E-state index contributed by atoms with van der Waals surface area (Å²) in [4.78, 5) is 16.9. The molecule has 0 fully saturated rings. The summed E-state index contributed by atoms with van der Waals surface area (Å²) < 4.78 is 22.0. The van der Waals surface area contributed by atoms with Gasteiger partial charge in [0.2, 0.25) is 5.89 Å². The molecule has 7 nitrogen and oxygen atoms in total. The van der Waals surface area contributed by atoms with Crippen LogP contribution >= 0.6 is 0 Å². The van der Waals surface area contributed by atoms with E-state index in [1.165, 1.54) is 0 Å². The van der Waals surface area contributed by atoms with Crippen LogP contribution in [0.15, 0.2) is 63.5 Å². The molecule has 0 aliphatic heterocycles. The van der Waals surface area contributed by atoms with Gasteiger partial charge in [-0.3, -0.25) is 0 Å². The first-order valence-electron chi connectivity index (χ1n) is 9.84. The molecule has 0 aliphatic carbocycles. The van der Waals surface area contributed by atoms with Gasteiger partial charge in [0.15, 0.2) is 0 Å². The second-order valence-corrected chi connectivity index (χ2v) is 7.08. The van der Waals surface area contributed by atoms with Crippen molar-refractivity contribution in [2.24, 2.45) is 0 Å². The topological polar surface area (TPSA) is 87.6 Å². The van der Waals surface area contributed by atoms with Crippen LogP contribution in [-0.4, -0.2) is 16.1 Å². The minimum absolute atomic E-state index is 0.0330. The summed E-state index contributed by atoms with van der Waals surface area (Å²) >= 11 is 0. The Balaban J connectivity index is 1.34. The zero-order chi connectivity index (χ0) is 21.8. The monoisotopic (exact) mass is 418 g/mol. The summed E-state index contributed by atoms with van der Waals surface area (Å²) in [6, 6.07) is 16.4. The van der Waals surface area contributed by atoms with Gasteiger partial charge in [0.25, 0.3) is 0 Å². The molecule has 0 bridgehead atoms. The van der Waals surface area contributed by atoms with Crippen LogP contribution in [0.1, 0.15) is 38.8 Å². The summed E-state index contributed by atoms with van der Waals surface area (Å²) in [5.74, 6) is 2.05. The van der Waals surface area contributed by atoms with Gasteiger partial charge in [-0.05, 0) is 57.2 Å². The van der Waals surface area contributed by atoms with Crippen LogP contribution in [0.3, 0.4) is 0 Å². The molecule has 158 valence electrons. The zero-order valence-electron chi connectivity index (χ0n) is 17.5. The van der Waals surface area contributed by atoms with E-state index in [1.54, 1.807) is 31.2 Å². The largest absolute Gasteiger partial charge is 0.489 e. The van der Waals surface area contributed by atoms with Crippen molar-refractivity contribution in [2.45, 2.75) is 34.0 Å². The molecule has 7 heteroatoms. The molecule has 31 heavy (non-hydrogen) atoms. The Hall–Kier alpha value is -3.87. The van der Waals surface area contributed by atoms with E-state index in [4.69, 9.17) is 18.4 Å². The maximum Gasteiger partial charge on any atom is 0.338 e. The molecule has 2 aromatic carbocycles. The molecule has 2 aromatic heterocycles. The lowest BCUT2D eigenvalue weighted by Crippen LogP contribution is -2.06. The van der Waals surface area contributed by atoms with Gasteiger partial charge in [0.05, 0.1) is 16.8 Å². The van der Waals surface area contributed by atoms with E-state index < -0.39 is 5.97 Å². The number of carbonyl (C=O) groups excluding carboxylic acids is 1. The first-order valence-corrected chi connectivity index (χ1v) is 9.84. The molecule has 0 radical (unpaired) electrons. The fourth-order valence-corrected chi connectivity index (χ4v) is 3.03. The van der Waals surface area contributed by atoms with Gasteiger partial charge in [0, 0.05) is 5.56 Å². The molecular formula is C24H22N2O5. The Labute approximate surface area is 179 Å². The number of rotatable bonds is 7. The fourth-order valence-electron chi connectivity index (χ4n) is 3.03. The van der Waals surface area contributed by atoms with Crippen molar-refractivity contribution in [1.82, 2.24) is 10.1 Å². The van der Waals surface area contributed by atoms with Crippen LogP contribution in [-0.2, 0) is 18.0 Å². The lowest BCUT2D eigenvalue weighted by molar-refractivity contribution is 0.0467. The number of nitrogens with zero attached hydrogens (tertiary/aromatic N) is 2. The highest BCUT2D eigenvalue weighted by Gasteiger charge is 2.15. The molecule has 4 rings (SSSR count). The highest BCUT2D eigenvalue weighted by Crippen LogP contribution is 2.22. The Morgan fingerprint density at radius 1 is 0.935 bits per heavy atom. The SMILES string of the molecule is Cc1noc(C)c1COc1ccc(C(=O)OCc2nc(-c3ccccc3)oc2C)cc1. The first kappa shape index (κ1) is 20.4. The summed E-state index contributed by atoms with van der Waals surface area (Å²) in [5.41, 5.74) is 3.61. The van der Waals surface area contributed by atoms with Gasteiger partial charge in [-0.2, -0.15) is 0 Å². The van der Waals surface area contributed by atoms with Gasteiger partial charge < -0.3 is 18.4 Å². The van der Waals surface area contributed by atoms with Gasteiger partial charge in [0.1, 0.15) is 36.2 Å². The van der Waals surface area contributed by atoms with Crippen LogP contribution in [0, 0.1) is 20.8 Å². The van der Waals surface area contributed by atoms with E-state index in [-0.39, 0.29) is 6.61 Å². The van der Waals surface area contributed by atoms with E-state index in [1.807, 2.05) is 44.2 Å². The van der Waals surface area contributed by atoms with E-state index in [9.17, 15) is 4.79 Å². The number of oxazole rings is 1. The summed E-state index contributed by atoms with van der Waals surface area (Å²) in [6.07, 6.45) is 0. The Morgan fingerprint density at radius 3 is 2.35 bits per heavy atom. The van der Waals surface area contributed by atoms with Crippen molar-refractivity contribution < 1.29 is 23.2 Å². The van der Waals surface area contributed by atoms with Crippen molar-refractivity contribution in [2.75, 3.05) is 0 Å². The minimum atomic E-state index is -0.444.